The van der Waals surface area contributed by atoms with Gasteiger partial charge in [-0.25, -0.2) is 4.79 Å². The molecule has 4 rings (SSSR count). The van der Waals surface area contributed by atoms with E-state index in [9.17, 15) is 9.90 Å². The van der Waals surface area contributed by atoms with E-state index < -0.39 is 12.1 Å². The lowest BCUT2D eigenvalue weighted by Gasteiger charge is -2.22. The van der Waals surface area contributed by atoms with Crippen molar-refractivity contribution in [2.45, 2.75) is 25.9 Å². The van der Waals surface area contributed by atoms with Crippen molar-refractivity contribution in [3.8, 4) is 16.9 Å². The second kappa shape index (κ2) is 7.41. The lowest BCUT2D eigenvalue weighted by atomic mass is 9.89. The number of carboxylic acids is 1. The van der Waals surface area contributed by atoms with Gasteiger partial charge >= 0.3 is 5.97 Å². The Morgan fingerprint density at radius 2 is 2.04 bits per heavy atom. The molecule has 0 radical (unpaired) electrons. The van der Waals surface area contributed by atoms with Crippen molar-refractivity contribution in [2.75, 3.05) is 13.2 Å². The Balaban J connectivity index is 1.95. The minimum absolute atomic E-state index is 0.331. The minimum Gasteiger partial charge on any atom is -0.493 e. The van der Waals surface area contributed by atoms with Gasteiger partial charge in [-0.2, -0.15) is 0 Å². The van der Waals surface area contributed by atoms with Crippen LogP contribution in [0.15, 0.2) is 54.6 Å². The van der Waals surface area contributed by atoms with E-state index in [2.05, 4.69) is 6.07 Å². The van der Waals surface area contributed by atoms with Crippen molar-refractivity contribution < 1.29 is 19.4 Å². The summed E-state index contributed by atoms with van der Waals surface area (Å²) in [6.45, 7) is 2.90. The Kier molecular flexibility index (Phi) is 4.82. The molecule has 138 valence electrons. The van der Waals surface area contributed by atoms with E-state index in [4.69, 9.17) is 9.47 Å². The molecule has 4 heteroatoms. The Morgan fingerprint density at radius 1 is 1.19 bits per heavy atom. The van der Waals surface area contributed by atoms with Gasteiger partial charge in [0.15, 0.2) is 6.10 Å². The number of fused-ring (bicyclic) bond motifs is 2. The molecule has 1 N–H and O–H groups in total. The van der Waals surface area contributed by atoms with Crippen LogP contribution in [0.5, 0.6) is 5.75 Å². The highest BCUT2D eigenvalue weighted by Gasteiger charge is 2.26. The summed E-state index contributed by atoms with van der Waals surface area (Å²) >= 11 is 0. The van der Waals surface area contributed by atoms with Gasteiger partial charge in [-0.15, -0.1) is 0 Å². The molecule has 0 bridgehead atoms. The average molecular weight is 362 g/mol. The second-order valence-electron chi connectivity index (χ2n) is 6.70. The number of aliphatic carboxylic acids is 1. The first-order valence-corrected chi connectivity index (χ1v) is 9.31. The van der Waals surface area contributed by atoms with Gasteiger partial charge in [0.1, 0.15) is 5.75 Å². The predicted octanol–water partition coefficient (Wildman–Crippen LogP) is 4.99. The number of rotatable bonds is 5. The summed E-state index contributed by atoms with van der Waals surface area (Å²) in [7, 11) is 0. The van der Waals surface area contributed by atoms with Crippen LogP contribution in [0.2, 0.25) is 0 Å². The molecule has 0 fully saturated rings. The third-order valence-corrected chi connectivity index (χ3v) is 5.01. The number of carbonyl (C=O) groups is 1. The van der Waals surface area contributed by atoms with Crippen LogP contribution in [0.3, 0.4) is 0 Å². The molecular formula is C23H22O4. The highest BCUT2D eigenvalue weighted by Crippen LogP contribution is 2.38. The highest BCUT2D eigenvalue weighted by atomic mass is 16.5. The smallest absolute Gasteiger partial charge is 0.337 e. The lowest BCUT2D eigenvalue weighted by molar-refractivity contribution is -0.150. The Hall–Kier alpha value is -2.85. The third-order valence-electron chi connectivity index (χ3n) is 5.01. The monoisotopic (exact) mass is 362 g/mol. The number of hydrogen-bond acceptors (Lipinski definition) is 3. The number of hydrogen-bond donors (Lipinski definition) is 1. The van der Waals surface area contributed by atoms with Crippen molar-refractivity contribution in [1.29, 1.82) is 0 Å². The Bertz CT molecular complexity index is 993. The van der Waals surface area contributed by atoms with Gasteiger partial charge in [0.25, 0.3) is 0 Å². The molecule has 0 saturated carbocycles. The van der Waals surface area contributed by atoms with Gasteiger partial charge in [-0.05, 0) is 59.4 Å². The summed E-state index contributed by atoms with van der Waals surface area (Å²) in [5, 5.41) is 11.7. The molecular weight excluding hydrogens is 340 g/mol. The van der Waals surface area contributed by atoms with Crippen LogP contribution >= 0.6 is 0 Å². The summed E-state index contributed by atoms with van der Waals surface area (Å²) in [6.07, 6.45) is 0.959. The van der Waals surface area contributed by atoms with Crippen molar-refractivity contribution in [3.05, 3.63) is 65.7 Å². The first-order chi connectivity index (χ1) is 13.2. The first-order valence-electron chi connectivity index (χ1n) is 9.31. The topological polar surface area (TPSA) is 55.8 Å². The van der Waals surface area contributed by atoms with Crippen molar-refractivity contribution >= 4 is 16.7 Å². The number of benzene rings is 3. The van der Waals surface area contributed by atoms with Crippen LogP contribution in [-0.2, 0) is 16.0 Å². The maximum atomic E-state index is 12.0. The number of ether oxygens (including phenoxy) is 2. The molecule has 1 aliphatic rings. The van der Waals surface area contributed by atoms with E-state index >= 15 is 0 Å². The van der Waals surface area contributed by atoms with Crippen LogP contribution in [0, 0.1) is 0 Å². The van der Waals surface area contributed by atoms with Crippen LogP contribution < -0.4 is 4.74 Å². The average Bonchev–Trinajstić information content (AvgIpc) is 2.71. The largest absolute Gasteiger partial charge is 0.493 e. The van der Waals surface area contributed by atoms with E-state index in [0.717, 1.165) is 47.1 Å². The summed E-state index contributed by atoms with van der Waals surface area (Å²) in [4.78, 5) is 12.0. The molecule has 1 atom stereocenters. The molecule has 0 amide bonds. The Labute approximate surface area is 158 Å². The Morgan fingerprint density at radius 3 is 2.85 bits per heavy atom. The molecule has 0 spiro atoms. The van der Waals surface area contributed by atoms with E-state index in [-0.39, 0.29) is 0 Å². The van der Waals surface area contributed by atoms with Gasteiger partial charge < -0.3 is 14.6 Å². The zero-order chi connectivity index (χ0) is 18.8. The molecule has 3 aromatic rings. The van der Waals surface area contributed by atoms with Crippen LogP contribution in [-0.4, -0.2) is 24.3 Å². The molecule has 0 aliphatic carbocycles. The summed E-state index contributed by atoms with van der Waals surface area (Å²) < 4.78 is 11.4. The van der Waals surface area contributed by atoms with Gasteiger partial charge in [-0.1, -0.05) is 42.5 Å². The van der Waals surface area contributed by atoms with Crippen LogP contribution in [0.25, 0.3) is 21.9 Å². The molecule has 27 heavy (non-hydrogen) atoms. The van der Waals surface area contributed by atoms with Gasteiger partial charge in [0, 0.05) is 12.2 Å². The summed E-state index contributed by atoms with van der Waals surface area (Å²) in [5.41, 5.74) is 3.76. The van der Waals surface area contributed by atoms with Gasteiger partial charge in [0.05, 0.1) is 6.61 Å². The third kappa shape index (κ3) is 3.28. The second-order valence-corrected chi connectivity index (χ2v) is 6.70. The zero-order valence-electron chi connectivity index (χ0n) is 15.3. The normalized spacial score (nSPS) is 14.4. The van der Waals surface area contributed by atoms with E-state index in [0.29, 0.717) is 12.2 Å². The van der Waals surface area contributed by atoms with Crippen molar-refractivity contribution in [1.82, 2.24) is 0 Å². The standard InChI is InChI=1S/C23H22O4/c1-2-26-22(23(24)25)21-18-8-4-3-6-15(18)9-11-19(21)16-10-12-20-17(14-16)7-5-13-27-20/h3-4,6,8-12,14,22H,2,5,7,13H2,1H3,(H,24,25). The predicted molar refractivity (Wildman–Crippen MR) is 105 cm³/mol. The van der Waals surface area contributed by atoms with Crippen LogP contribution in [0.4, 0.5) is 0 Å². The van der Waals surface area contributed by atoms with Crippen molar-refractivity contribution in [3.63, 3.8) is 0 Å². The van der Waals surface area contributed by atoms with E-state index in [1.54, 1.807) is 0 Å². The molecule has 4 nitrogen and oxygen atoms in total. The van der Waals surface area contributed by atoms with Crippen LogP contribution in [0.1, 0.15) is 30.6 Å². The quantitative estimate of drug-likeness (QED) is 0.694. The number of carboxylic acid groups (broad SMARTS) is 1. The highest BCUT2D eigenvalue weighted by molar-refractivity contribution is 5.96. The summed E-state index contributed by atoms with van der Waals surface area (Å²) in [6, 6.07) is 18.0. The van der Waals surface area contributed by atoms with Gasteiger partial charge in [0.2, 0.25) is 0 Å². The number of aryl methyl sites for hydroxylation is 1. The minimum atomic E-state index is -1.01. The van der Waals surface area contributed by atoms with E-state index in [1.807, 2.05) is 55.5 Å². The molecule has 1 unspecified atom stereocenters. The maximum absolute atomic E-state index is 12.0. The van der Waals surface area contributed by atoms with Gasteiger partial charge in [-0.3, -0.25) is 0 Å². The molecule has 3 aromatic carbocycles. The van der Waals surface area contributed by atoms with Crippen molar-refractivity contribution in [2.24, 2.45) is 0 Å². The SMILES string of the molecule is CCOC(C(=O)O)c1c(-c2ccc3c(c2)CCCO3)ccc2ccccc12. The summed E-state index contributed by atoms with van der Waals surface area (Å²) in [5.74, 6) is -0.0531. The van der Waals surface area contributed by atoms with E-state index in [1.165, 1.54) is 5.56 Å². The fourth-order valence-electron chi connectivity index (χ4n) is 3.80. The molecule has 0 saturated heterocycles. The molecule has 1 heterocycles. The fourth-order valence-corrected chi connectivity index (χ4v) is 3.80. The zero-order valence-corrected chi connectivity index (χ0v) is 15.3. The first kappa shape index (κ1) is 17.6. The maximum Gasteiger partial charge on any atom is 0.337 e. The lowest BCUT2D eigenvalue weighted by Crippen LogP contribution is -2.17. The molecule has 0 aromatic heterocycles. The fraction of sp³-hybridized carbons (Fsp3) is 0.261. The molecule has 1 aliphatic heterocycles.